The van der Waals surface area contributed by atoms with Crippen molar-refractivity contribution in [3.05, 3.63) is 29.8 Å². The average Bonchev–Trinajstić information content (AvgIpc) is 2.37. The van der Waals surface area contributed by atoms with Crippen LogP contribution in [0, 0.1) is 0 Å². The normalized spacial score (nSPS) is 13.1. The van der Waals surface area contributed by atoms with Gasteiger partial charge in [0.15, 0.2) is 6.10 Å². The number of nitrogens with zero attached hydrogens (tertiary/aromatic N) is 1. The third-order valence-electron chi connectivity index (χ3n) is 3.26. The fourth-order valence-electron chi connectivity index (χ4n) is 1.84. The van der Waals surface area contributed by atoms with Gasteiger partial charge in [0.1, 0.15) is 5.75 Å². The van der Waals surface area contributed by atoms with Crippen LogP contribution in [0.2, 0.25) is 0 Å². The fourth-order valence-corrected chi connectivity index (χ4v) is 1.84. The van der Waals surface area contributed by atoms with E-state index in [4.69, 9.17) is 4.74 Å². The van der Waals surface area contributed by atoms with Gasteiger partial charge in [0.2, 0.25) is 0 Å². The largest absolute Gasteiger partial charge is 0.481 e. The lowest BCUT2D eigenvalue weighted by Gasteiger charge is -2.20. The molecule has 21 heavy (non-hydrogen) atoms. The summed E-state index contributed by atoms with van der Waals surface area (Å²) in [6.45, 7) is 9.72. The molecule has 0 aliphatic heterocycles. The topological polar surface area (TPSA) is 41.6 Å². The maximum atomic E-state index is 11.9. The molecule has 0 saturated carbocycles. The van der Waals surface area contributed by atoms with Crippen LogP contribution in [-0.2, 0) is 10.2 Å². The van der Waals surface area contributed by atoms with Crippen molar-refractivity contribution in [2.45, 2.75) is 39.2 Å². The Bertz CT molecular complexity index is 447. The van der Waals surface area contributed by atoms with Crippen molar-refractivity contribution >= 4 is 5.91 Å². The highest BCUT2D eigenvalue weighted by Crippen LogP contribution is 2.24. The summed E-state index contributed by atoms with van der Waals surface area (Å²) in [5.74, 6) is 0.634. The Morgan fingerprint density at radius 3 is 2.29 bits per heavy atom. The lowest BCUT2D eigenvalue weighted by molar-refractivity contribution is -0.127. The minimum absolute atomic E-state index is 0.0863. The van der Waals surface area contributed by atoms with Gasteiger partial charge in [-0.1, -0.05) is 32.9 Å². The molecule has 0 aliphatic rings. The molecular formula is C17H28N2O2. The van der Waals surface area contributed by atoms with Crippen LogP contribution in [0.15, 0.2) is 24.3 Å². The second kappa shape index (κ2) is 7.46. The van der Waals surface area contributed by atoms with Crippen LogP contribution in [-0.4, -0.2) is 44.1 Å². The summed E-state index contributed by atoms with van der Waals surface area (Å²) in [6, 6.07) is 7.94. The number of amides is 1. The lowest BCUT2D eigenvalue weighted by Crippen LogP contribution is -2.39. The van der Waals surface area contributed by atoms with E-state index in [-0.39, 0.29) is 11.3 Å². The number of rotatable bonds is 6. The van der Waals surface area contributed by atoms with Gasteiger partial charge in [0.25, 0.3) is 5.91 Å². The summed E-state index contributed by atoms with van der Waals surface area (Å²) in [6.07, 6.45) is -0.493. The Balaban J connectivity index is 2.50. The van der Waals surface area contributed by atoms with Crippen LogP contribution >= 0.6 is 0 Å². The molecule has 1 atom stereocenters. The molecule has 1 N–H and O–H groups in total. The van der Waals surface area contributed by atoms with Gasteiger partial charge in [0, 0.05) is 13.1 Å². The van der Waals surface area contributed by atoms with E-state index in [1.165, 1.54) is 5.56 Å². The van der Waals surface area contributed by atoms with Crippen LogP contribution in [0.3, 0.4) is 0 Å². The Kier molecular flexibility index (Phi) is 6.21. The van der Waals surface area contributed by atoms with Gasteiger partial charge in [-0.15, -0.1) is 0 Å². The standard InChI is InChI=1S/C17H28N2O2/c1-13(16(20)18-11-12-19(5)6)21-15-9-7-14(8-10-15)17(2,3)4/h7-10,13H,11-12H2,1-6H3,(H,18,20). The average molecular weight is 292 g/mol. The smallest absolute Gasteiger partial charge is 0.260 e. The summed E-state index contributed by atoms with van der Waals surface area (Å²) in [7, 11) is 3.95. The number of ether oxygens (including phenoxy) is 1. The maximum absolute atomic E-state index is 11.9. The zero-order valence-electron chi connectivity index (χ0n) is 14.1. The van der Waals surface area contributed by atoms with E-state index in [9.17, 15) is 4.79 Å². The highest BCUT2D eigenvalue weighted by atomic mass is 16.5. The Morgan fingerprint density at radius 1 is 1.24 bits per heavy atom. The first-order chi connectivity index (χ1) is 9.70. The van der Waals surface area contributed by atoms with Crippen LogP contribution in [0.1, 0.15) is 33.3 Å². The molecule has 1 aromatic carbocycles. The lowest BCUT2D eigenvalue weighted by atomic mass is 9.87. The third-order valence-corrected chi connectivity index (χ3v) is 3.26. The first-order valence-corrected chi connectivity index (χ1v) is 7.40. The number of hydrogen-bond acceptors (Lipinski definition) is 3. The number of likely N-dealkylation sites (N-methyl/N-ethyl adjacent to an activating group) is 1. The number of carbonyl (C=O) groups excluding carboxylic acids is 1. The van der Waals surface area contributed by atoms with Gasteiger partial charge in [0.05, 0.1) is 0 Å². The molecule has 1 unspecified atom stereocenters. The number of benzene rings is 1. The van der Waals surface area contributed by atoms with Crippen molar-refractivity contribution in [2.24, 2.45) is 0 Å². The van der Waals surface area contributed by atoms with Crippen LogP contribution < -0.4 is 10.1 Å². The van der Waals surface area contributed by atoms with Crippen molar-refractivity contribution < 1.29 is 9.53 Å². The highest BCUT2D eigenvalue weighted by molar-refractivity contribution is 5.80. The van der Waals surface area contributed by atoms with Crippen molar-refractivity contribution in [1.29, 1.82) is 0 Å². The van der Waals surface area contributed by atoms with E-state index >= 15 is 0 Å². The molecule has 1 aromatic rings. The van der Waals surface area contributed by atoms with E-state index in [0.29, 0.717) is 6.54 Å². The summed E-state index contributed by atoms with van der Waals surface area (Å²) < 4.78 is 5.68. The van der Waals surface area contributed by atoms with Crippen LogP contribution in [0.5, 0.6) is 5.75 Å². The molecule has 0 aliphatic carbocycles. The molecule has 0 spiro atoms. The van der Waals surface area contributed by atoms with Gasteiger partial charge in [-0.05, 0) is 44.1 Å². The summed E-state index contributed by atoms with van der Waals surface area (Å²) >= 11 is 0. The van der Waals surface area contributed by atoms with Crippen molar-refractivity contribution in [3.63, 3.8) is 0 Å². The number of carbonyl (C=O) groups is 1. The van der Waals surface area contributed by atoms with E-state index in [1.807, 2.05) is 43.3 Å². The van der Waals surface area contributed by atoms with E-state index in [0.717, 1.165) is 12.3 Å². The molecule has 0 bridgehead atoms. The van der Waals surface area contributed by atoms with Gasteiger partial charge < -0.3 is 15.0 Å². The summed E-state index contributed by atoms with van der Waals surface area (Å²) in [5.41, 5.74) is 1.37. The molecule has 118 valence electrons. The zero-order chi connectivity index (χ0) is 16.0. The molecule has 0 aromatic heterocycles. The minimum Gasteiger partial charge on any atom is -0.481 e. The van der Waals surface area contributed by atoms with Gasteiger partial charge in [-0.2, -0.15) is 0 Å². The molecule has 0 fully saturated rings. The predicted molar refractivity (Wildman–Crippen MR) is 86.8 cm³/mol. The summed E-state index contributed by atoms with van der Waals surface area (Å²) in [5, 5.41) is 2.86. The second-order valence-corrected chi connectivity index (χ2v) is 6.63. The highest BCUT2D eigenvalue weighted by Gasteiger charge is 2.16. The van der Waals surface area contributed by atoms with Crippen molar-refractivity contribution in [3.8, 4) is 5.75 Å². The molecule has 1 rings (SSSR count). The number of hydrogen-bond donors (Lipinski definition) is 1. The second-order valence-electron chi connectivity index (χ2n) is 6.63. The molecule has 0 heterocycles. The predicted octanol–water partition coefficient (Wildman–Crippen LogP) is 2.43. The van der Waals surface area contributed by atoms with Gasteiger partial charge in [-0.25, -0.2) is 0 Å². The Hall–Kier alpha value is -1.55. The van der Waals surface area contributed by atoms with Crippen LogP contribution in [0.4, 0.5) is 0 Å². The minimum atomic E-state index is -0.493. The first kappa shape index (κ1) is 17.5. The van der Waals surface area contributed by atoms with Crippen molar-refractivity contribution in [1.82, 2.24) is 10.2 Å². The summed E-state index contributed by atoms with van der Waals surface area (Å²) in [4.78, 5) is 13.9. The molecule has 0 saturated heterocycles. The maximum Gasteiger partial charge on any atom is 0.260 e. The Morgan fingerprint density at radius 2 is 1.81 bits per heavy atom. The van der Waals surface area contributed by atoms with Crippen LogP contribution in [0.25, 0.3) is 0 Å². The van der Waals surface area contributed by atoms with Crippen molar-refractivity contribution in [2.75, 3.05) is 27.2 Å². The fraction of sp³-hybridized carbons (Fsp3) is 0.588. The third kappa shape index (κ3) is 6.17. The van der Waals surface area contributed by atoms with Gasteiger partial charge in [-0.3, -0.25) is 4.79 Å². The first-order valence-electron chi connectivity index (χ1n) is 7.40. The van der Waals surface area contributed by atoms with E-state index < -0.39 is 6.10 Å². The quantitative estimate of drug-likeness (QED) is 0.875. The van der Waals surface area contributed by atoms with Gasteiger partial charge >= 0.3 is 0 Å². The molecule has 1 amide bonds. The van der Waals surface area contributed by atoms with E-state index in [2.05, 4.69) is 26.1 Å². The van der Waals surface area contributed by atoms with E-state index in [1.54, 1.807) is 6.92 Å². The molecule has 4 nitrogen and oxygen atoms in total. The Labute approximate surface area is 128 Å². The SMILES string of the molecule is CC(Oc1ccc(C(C)(C)C)cc1)C(=O)NCCN(C)C. The zero-order valence-corrected chi connectivity index (χ0v) is 14.1. The number of nitrogens with one attached hydrogen (secondary N) is 1. The molecule has 0 radical (unpaired) electrons. The molecule has 4 heteroatoms. The molecular weight excluding hydrogens is 264 g/mol. The monoisotopic (exact) mass is 292 g/mol.